The lowest BCUT2D eigenvalue weighted by Gasteiger charge is -2.10. The molecule has 28 heavy (non-hydrogen) atoms. The molecule has 3 rings (SSSR count). The van der Waals surface area contributed by atoms with Crippen LogP contribution in [0.3, 0.4) is 0 Å². The van der Waals surface area contributed by atoms with Crippen molar-refractivity contribution in [3.63, 3.8) is 0 Å². The van der Waals surface area contributed by atoms with Crippen LogP contribution in [-0.2, 0) is 6.54 Å². The van der Waals surface area contributed by atoms with Gasteiger partial charge in [-0.1, -0.05) is 12.1 Å². The molecule has 0 fully saturated rings. The second-order valence-electron chi connectivity index (χ2n) is 5.98. The van der Waals surface area contributed by atoms with Crippen LogP contribution in [0.5, 0.6) is 0 Å². The molecule has 0 aromatic heterocycles. The average molecular weight is 378 g/mol. The fourth-order valence-electron chi connectivity index (χ4n) is 2.55. The Morgan fingerprint density at radius 1 is 0.857 bits per heavy atom. The molecule has 0 radical (unpaired) electrons. The molecule has 0 aliphatic rings. The van der Waals surface area contributed by atoms with Gasteiger partial charge in [0, 0.05) is 29.7 Å². The summed E-state index contributed by atoms with van der Waals surface area (Å²) < 4.78 is 26.4. The molecule has 0 aliphatic heterocycles. The van der Waals surface area contributed by atoms with E-state index in [1.165, 1.54) is 0 Å². The van der Waals surface area contributed by atoms with Crippen LogP contribution in [-0.4, -0.2) is 6.03 Å². The molecular formula is C21H16F2N4O. The molecule has 0 saturated heterocycles. The molecule has 2 amide bonds. The van der Waals surface area contributed by atoms with Gasteiger partial charge in [0.1, 0.15) is 11.6 Å². The Hall–Kier alpha value is -3.92. The van der Waals surface area contributed by atoms with Crippen molar-refractivity contribution in [3.8, 4) is 6.07 Å². The van der Waals surface area contributed by atoms with E-state index in [9.17, 15) is 13.6 Å². The highest BCUT2D eigenvalue weighted by molar-refractivity contribution is 5.99. The zero-order valence-corrected chi connectivity index (χ0v) is 14.7. The summed E-state index contributed by atoms with van der Waals surface area (Å²) in [4.78, 5) is 12.0. The van der Waals surface area contributed by atoms with Crippen LogP contribution in [0.25, 0.3) is 0 Å². The van der Waals surface area contributed by atoms with Gasteiger partial charge in [0.15, 0.2) is 0 Å². The highest BCUT2D eigenvalue weighted by Crippen LogP contribution is 2.16. The Morgan fingerprint density at radius 2 is 1.54 bits per heavy atom. The standard InChI is InChI=1S/C21H16F2N4O/c22-16-9-17(23)11-20(10-16)27-21(28)26-19-3-1-2-15(8-19)13-25-18-6-4-14(12-24)5-7-18/h1-11,25H,13H2,(H2,26,27,28). The number of nitrogens with zero attached hydrogens (tertiary/aromatic N) is 1. The fraction of sp³-hybridized carbons (Fsp3) is 0.0476. The molecule has 0 aliphatic carbocycles. The van der Waals surface area contributed by atoms with Crippen LogP contribution in [0.15, 0.2) is 66.7 Å². The molecule has 0 bridgehead atoms. The number of hydrogen-bond donors (Lipinski definition) is 3. The van der Waals surface area contributed by atoms with Crippen LogP contribution in [0.2, 0.25) is 0 Å². The minimum Gasteiger partial charge on any atom is -0.381 e. The number of nitrogens with one attached hydrogen (secondary N) is 3. The van der Waals surface area contributed by atoms with Gasteiger partial charge in [-0.3, -0.25) is 0 Å². The highest BCUT2D eigenvalue weighted by Gasteiger charge is 2.06. The molecule has 0 unspecified atom stereocenters. The fourth-order valence-corrected chi connectivity index (χ4v) is 2.55. The van der Waals surface area contributed by atoms with Gasteiger partial charge in [0.2, 0.25) is 0 Å². The normalized spacial score (nSPS) is 10.0. The van der Waals surface area contributed by atoms with E-state index < -0.39 is 17.7 Å². The monoisotopic (exact) mass is 378 g/mol. The summed E-state index contributed by atoms with van der Waals surface area (Å²) >= 11 is 0. The maximum atomic E-state index is 13.2. The molecule has 7 heteroatoms. The molecular weight excluding hydrogens is 362 g/mol. The van der Waals surface area contributed by atoms with E-state index in [0.29, 0.717) is 17.8 Å². The van der Waals surface area contributed by atoms with Gasteiger partial charge in [0.05, 0.1) is 11.6 Å². The predicted octanol–water partition coefficient (Wildman–Crippen LogP) is 5.09. The lowest BCUT2D eigenvalue weighted by Crippen LogP contribution is -2.19. The summed E-state index contributed by atoms with van der Waals surface area (Å²) in [7, 11) is 0. The Bertz CT molecular complexity index is 1010. The number of amides is 2. The van der Waals surface area contributed by atoms with E-state index in [1.807, 2.05) is 18.2 Å². The Balaban J connectivity index is 1.59. The summed E-state index contributed by atoms with van der Waals surface area (Å²) in [6.45, 7) is 0.512. The lowest BCUT2D eigenvalue weighted by molar-refractivity contribution is 0.262. The number of anilines is 3. The van der Waals surface area contributed by atoms with Gasteiger partial charge in [-0.25, -0.2) is 13.6 Å². The van der Waals surface area contributed by atoms with Crippen molar-refractivity contribution in [1.29, 1.82) is 5.26 Å². The topological polar surface area (TPSA) is 77.0 Å². The molecule has 0 heterocycles. The first-order valence-electron chi connectivity index (χ1n) is 8.39. The first-order valence-corrected chi connectivity index (χ1v) is 8.39. The third kappa shape index (κ3) is 5.29. The largest absolute Gasteiger partial charge is 0.381 e. The van der Waals surface area contributed by atoms with Crippen LogP contribution in [0.4, 0.5) is 30.6 Å². The van der Waals surface area contributed by atoms with E-state index in [4.69, 9.17) is 5.26 Å². The van der Waals surface area contributed by atoms with Gasteiger partial charge in [0.25, 0.3) is 0 Å². The SMILES string of the molecule is N#Cc1ccc(NCc2cccc(NC(=O)Nc3cc(F)cc(F)c3)c2)cc1. The number of urea groups is 1. The van der Waals surface area contributed by atoms with E-state index in [1.54, 1.807) is 30.3 Å². The van der Waals surface area contributed by atoms with Crippen LogP contribution < -0.4 is 16.0 Å². The second kappa shape index (κ2) is 8.64. The number of benzene rings is 3. The summed E-state index contributed by atoms with van der Waals surface area (Å²) in [5.41, 5.74) is 2.92. The zero-order valence-electron chi connectivity index (χ0n) is 14.7. The van der Waals surface area contributed by atoms with E-state index >= 15 is 0 Å². The summed E-state index contributed by atoms with van der Waals surface area (Å²) in [6, 6.07) is 18.5. The third-order valence-corrected chi connectivity index (χ3v) is 3.82. The summed E-state index contributed by atoms with van der Waals surface area (Å²) in [5, 5.41) is 17.0. The molecule has 3 aromatic carbocycles. The van der Waals surface area contributed by atoms with Crippen LogP contribution in [0.1, 0.15) is 11.1 Å². The van der Waals surface area contributed by atoms with Crippen molar-refractivity contribution in [2.45, 2.75) is 6.54 Å². The molecule has 3 aromatic rings. The number of carbonyl (C=O) groups excluding carboxylic acids is 1. The van der Waals surface area contributed by atoms with Gasteiger partial charge < -0.3 is 16.0 Å². The predicted molar refractivity (Wildman–Crippen MR) is 104 cm³/mol. The van der Waals surface area contributed by atoms with E-state index in [0.717, 1.165) is 29.4 Å². The van der Waals surface area contributed by atoms with Crippen molar-refractivity contribution in [2.24, 2.45) is 0 Å². The zero-order chi connectivity index (χ0) is 19.9. The highest BCUT2D eigenvalue weighted by atomic mass is 19.1. The molecule has 3 N–H and O–H groups in total. The molecule has 0 spiro atoms. The molecule has 5 nitrogen and oxygen atoms in total. The van der Waals surface area contributed by atoms with Crippen molar-refractivity contribution in [2.75, 3.05) is 16.0 Å². The van der Waals surface area contributed by atoms with Crippen molar-refractivity contribution in [3.05, 3.63) is 89.5 Å². The molecule has 0 atom stereocenters. The van der Waals surface area contributed by atoms with Crippen LogP contribution in [0, 0.1) is 23.0 Å². The van der Waals surface area contributed by atoms with Crippen molar-refractivity contribution < 1.29 is 13.6 Å². The first-order chi connectivity index (χ1) is 13.5. The van der Waals surface area contributed by atoms with Crippen LogP contribution >= 0.6 is 0 Å². The summed E-state index contributed by atoms with van der Waals surface area (Å²) in [5.74, 6) is -1.54. The summed E-state index contributed by atoms with van der Waals surface area (Å²) in [6.07, 6.45) is 0. The van der Waals surface area contributed by atoms with Gasteiger partial charge >= 0.3 is 6.03 Å². The average Bonchev–Trinajstić information content (AvgIpc) is 2.66. The maximum Gasteiger partial charge on any atom is 0.323 e. The molecule has 140 valence electrons. The Kier molecular flexibility index (Phi) is 5.82. The maximum absolute atomic E-state index is 13.2. The van der Waals surface area contributed by atoms with Gasteiger partial charge in [-0.2, -0.15) is 5.26 Å². The quantitative estimate of drug-likeness (QED) is 0.579. The van der Waals surface area contributed by atoms with Crippen molar-refractivity contribution >= 4 is 23.1 Å². The molecule has 0 saturated carbocycles. The smallest absolute Gasteiger partial charge is 0.323 e. The third-order valence-electron chi connectivity index (χ3n) is 3.82. The number of halogens is 2. The Morgan fingerprint density at radius 3 is 2.21 bits per heavy atom. The van der Waals surface area contributed by atoms with Gasteiger partial charge in [-0.15, -0.1) is 0 Å². The minimum absolute atomic E-state index is 0.0219. The minimum atomic E-state index is -0.772. The first kappa shape index (κ1) is 18.9. The number of rotatable bonds is 5. The van der Waals surface area contributed by atoms with Crippen molar-refractivity contribution in [1.82, 2.24) is 0 Å². The second-order valence-corrected chi connectivity index (χ2v) is 5.98. The van der Waals surface area contributed by atoms with E-state index in [2.05, 4.69) is 22.0 Å². The van der Waals surface area contributed by atoms with E-state index in [-0.39, 0.29) is 5.69 Å². The lowest BCUT2D eigenvalue weighted by atomic mass is 10.2. The number of hydrogen-bond acceptors (Lipinski definition) is 3. The number of carbonyl (C=O) groups is 1. The number of nitriles is 1. The Labute approximate surface area is 160 Å². The van der Waals surface area contributed by atoms with Gasteiger partial charge in [-0.05, 0) is 54.1 Å².